The number of hydrogen-bond donors (Lipinski definition) is 1. The van der Waals surface area contributed by atoms with Gasteiger partial charge >= 0.3 is 0 Å². The van der Waals surface area contributed by atoms with Gasteiger partial charge in [0.15, 0.2) is 0 Å². The summed E-state index contributed by atoms with van der Waals surface area (Å²) in [5.74, 6) is 0.322. The van der Waals surface area contributed by atoms with Crippen molar-refractivity contribution in [2.45, 2.75) is 6.92 Å². The first-order valence-electron chi connectivity index (χ1n) is 5.96. The van der Waals surface area contributed by atoms with E-state index in [2.05, 4.69) is 10.3 Å². The highest BCUT2D eigenvalue weighted by Crippen LogP contribution is 2.35. The molecule has 0 atom stereocenters. The molecule has 0 aliphatic rings. The number of nitrogens with zero attached hydrogens (tertiary/aromatic N) is 3. The van der Waals surface area contributed by atoms with E-state index in [0.29, 0.717) is 5.88 Å². The lowest BCUT2D eigenvalue weighted by atomic mass is 10.0. The third-order valence-electron chi connectivity index (χ3n) is 3.04. The van der Waals surface area contributed by atoms with Gasteiger partial charge in [0, 0.05) is 18.8 Å². The summed E-state index contributed by atoms with van der Waals surface area (Å²) in [6, 6.07) is 8.10. The lowest BCUT2D eigenvalue weighted by Crippen LogP contribution is -1.87. The van der Waals surface area contributed by atoms with Gasteiger partial charge in [-0.3, -0.25) is 4.68 Å². The van der Waals surface area contributed by atoms with E-state index in [-0.39, 0.29) is 0 Å². The highest BCUT2D eigenvalue weighted by Gasteiger charge is 2.18. The van der Waals surface area contributed by atoms with Crippen molar-refractivity contribution in [3.63, 3.8) is 0 Å². The predicted molar refractivity (Wildman–Crippen MR) is 73.3 cm³/mol. The average Bonchev–Trinajstić information content (AvgIpc) is 2.97. The molecule has 3 rings (SSSR count). The molecule has 0 radical (unpaired) electrons. The van der Waals surface area contributed by atoms with Crippen LogP contribution in [0.3, 0.4) is 0 Å². The molecule has 0 amide bonds. The molecule has 0 aliphatic heterocycles. The van der Waals surface area contributed by atoms with Crippen molar-refractivity contribution < 1.29 is 4.52 Å². The van der Waals surface area contributed by atoms with Crippen LogP contribution in [0.25, 0.3) is 22.4 Å². The summed E-state index contributed by atoms with van der Waals surface area (Å²) in [5.41, 5.74) is 10.5. The van der Waals surface area contributed by atoms with Crippen LogP contribution < -0.4 is 5.73 Å². The van der Waals surface area contributed by atoms with E-state index < -0.39 is 0 Å². The summed E-state index contributed by atoms with van der Waals surface area (Å²) in [6.45, 7) is 2.04. The predicted octanol–water partition coefficient (Wildman–Crippen LogP) is 2.63. The van der Waals surface area contributed by atoms with Crippen LogP contribution in [0, 0.1) is 6.92 Å². The maximum absolute atomic E-state index is 5.90. The zero-order chi connectivity index (χ0) is 13.4. The van der Waals surface area contributed by atoms with Crippen molar-refractivity contribution in [2.24, 2.45) is 7.05 Å². The Morgan fingerprint density at radius 3 is 2.53 bits per heavy atom. The van der Waals surface area contributed by atoms with Crippen LogP contribution >= 0.6 is 0 Å². The zero-order valence-corrected chi connectivity index (χ0v) is 10.8. The van der Waals surface area contributed by atoms with Crippen LogP contribution in [-0.2, 0) is 7.05 Å². The minimum atomic E-state index is 0.322. The summed E-state index contributed by atoms with van der Waals surface area (Å²) in [6.07, 6.45) is 3.63. The second-order valence-corrected chi connectivity index (χ2v) is 4.54. The Morgan fingerprint density at radius 2 is 1.89 bits per heavy atom. The van der Waals surface area contributed by atoms with E-state index in [1.165, 1.54) is 5.56 Å². The summed E-state index contributed by atoms with van der Waals surface area (Å²) < 4.78 is 6.86. The Hall–Kier alpha value is -2.56. The summed E-state index contributed by atoms with van der Waals surface area (Å²) in [5, 5.41) is 8.19. The lowest BCUT2D eigenvalue weighted by molar-refractivity contribution is 0.439. The van der Waals surface area contributed by atoms with Gasteiger partial charge in [-0.05, 0) is 12.5 Å². The summed E-state index contributed by atoms with van der Waals surface area (Å²) in [7, 11) is 1.86. The first-order valence-corrected chi connectivity index (χ1v) is 5.96. The van der Waals surface area contributed by atoms with E-state index in [1.807, 2.05) is 44.4 Å². The Kier molecular flexibility index (Phi) is 2.59. The number of anilines is 1. The van der Waals surface area contributed by atoms with Crippen molar-refractivity contribution >= 4 is 5.88 Å². The molecule has 5 nitrogen and oxygen atoms in total. The molecule has 0 saturated heterocycles. The van der Waals surface area contributed by atoms with Crippen molar-refractivity contribution in [3.05, 3.63) is 42.2 Å². The molecule has 0 saturated carbocycles. The number of nitrogens with two attached hydrogens (primary N) is 1. The fourth-order valence-electron chi connectivity index (χ4n) is 2.04. The maximum Gasteiger partial charge on any atom is 0.230 e. The molecule has 3 aromatic rings. The number of nitrogen functional groups attached to an aromatic ring is 1. The fraction of sp³-hybridized carbons (Fsp3) is 0.143. The number of aryl methyl sites for hydroxylation is 2. The molecule has 0 fully saturated rings. The SMILES string of the molecule is Cc1ccc(-c2c(-c3cnn(C)c3)noc2N)cc1. The van der Waals surface area contributed by atoms with E-state index in [9.17, 15) is 0 Å². The number of benzene rings is 1. The number of hydrogen-bond acceptors (Lipinski definition) is 4. The van der Waals surface area contributed by atoms with E-state index >= 15 is 0 Å². The molecule has 19 heavy (non-hydrogen) atoms. The van der Waals surface area contributed by atoms with Crippen molar-refractivity contribution in [2.75, 3.05) is 5.73 Å². The molecule has 2 N–H and O–H groups in total. The van der Waals surface area contributed by atoms with Crippen LogP contribution in [0.1, 0.15) is 5.56 Å². The molecule has 2 aromatic heterocycles. The first-order chi connectivity index (χ1) is 9.15. The van der Waals surface area contributed by atoms with Gasteiger partial charge in [-0.15, -0.1) is 0 Å². The third-order valence-corrected chi connectivity index (χ3v) is 3.04. The molecule has 0 unspecified atom stereocenters. The van der Waals surface area contributed by atoms with Gasteiger partial charge < -0.3 is 10.3 Å². The molecule has 0 spiro atoms. The molecule has 96 valence electrons. The summed E-state index contributed by atoms with van der Waals surface area (Å²) >= 11 is 0. The zero-order valence-electron chi connectivity index (χ0n) is 10.8. The smallest absolute Gasteiger partial charge is 0.230 e. The fourth-order valence-corrected chi connectivity index (χ4v) is 2.04. The molecular weight excluding hydrogens is 240 g/mol. The van der Waals surface area contributed by atoms with Crippen molar-refractivity contribution in [1.82, 2.24) is 14.9 Å². The topological polar surface area (TPSA) is 69.9 Å². The normalized spacial score (nSPS) is 10.8. The molecule has 0 aliphatic carbocycles. The second kappa shape index (κ2) is 4.28. The van der Waals surface area contributed by atoms with Gasteiger partial charge in [-0.1, -0.05) is 35.0 Å². The largest absolute Gasteiger partial charge is 0.367 e. The molecule has 2 heterocycles. The first kappa shape index (κ1) is 11.5. The van der Waals surface area contributed by atoms with E-state index in [1.54, 1.807) is 10.9 Å². The average molecular weight is 254 g/mol. The monoisotopic (exact) mass is 254 g/mol. The van der Waals surface area contributed by atoms with Crippen LogP contribution in [0.2, 0.25) is 0 Å². The van der Waals surface area contributed by atoms with Crippen LogP contribution in [0.5, 0.6) is 0 Å². The maximum atomic E-state index is 5.90. The Balaban J connectivity index is 2.16. The van der Waals surface area contributed by atoms with E-state index in [4.69, 9.17) is 10.3 Å². The van der Waals surface area contributed by atoms with Gasteiger partial charge in [0.05, 0.1) is 11.8 Å². The quantitative estimate of drug-likeness (QED) is 0.763. The van der Waals surface area contributed by atoms with Gasteiger partial charge in [-0.25, -0.2) is 0 Å². The molecule has 0 bridgehead atoms. The molecule has 5 heteroatoms. The molecule has 1 aromatic carbocycles. The Morgan fingerprint density at radius 1 is 1.16 bits per heavy atom. The number of aromatic nitrogens is 3. The van der Waals surface area contributed by atoms with Gasteiger partial charge in [0.2, 0.25) is 5.88 Å². The van der Waals surface area contributed by atoms with Crippen LogP contribution in [0.4, 0.5) is 5.88 Å². The minimum Gasteiger partial charge on any atom is -0.367 e. The van der Waals surface area contributed by atoms with Crippen LogP contribution in [-0.4, -0.2) is 14.9 Å². The third kappa shape index (κ3) is 1.99. The Bertz CT molecular complexity index is 709. The summed E-state index contributed by atoms with van der Waals surface area (Å²) in [4.78, 5) is 0. The number of rotatable bonds is 2. The van der Waals surface area contributed by atoms with Crippen molar-refractivity contribution in [3.8, 4) is 22.4 Å². The highest BCUT2D eigenvalue weighted by molar-refractivity contribution is 5.86. The lowest BCUT2D eigenvalue weighted by Gasteiger charge is -2.01. The van der Waals surface area contributed by atoms with Gasteiger partial charge in [-0.2, -0.15) is 5.10 Å². The molecular formula is C14H14N4O. The van der Waals surface area contributed by atoms with Gasteiger partial charge in [0.25, 0.3) is 0 Å². The highest BCUT2D eigenvalue weighted by atomic mass is 16.5. The second-order valence-electron chi connectivity index (χ2n) is 4.54. The Labute approximate surface area is 110 Å². The standard InChI is InChI=1S/C14H14N4O/c1-9-3-5-10(6-4-9)12-13(17-19-14(12)15)11-7-16-18(2)8-11/h3-8H,15H2,1-2H3. The minimum absolute atomic E-state index is 0.322. The van der Waals surface area contributed by atoms with E-state index in [0.717, 1.165) is 22.4 Å². The van der Waals surface area contributed by atoms with Crippen molar-refractivity contribution in [1.29, 1.82) is 0 Å². The van der Waals surface area contributed by atoms with Gasteiger partial charge in [0.1, 0.15) is 5.69 Å². The van der Waals surface area contributed by atoms with Crippen LogP contribution in [0.15, 0.2) is 41.2 Å².